The molecule has 0 spiro atoms. The average Bonchev–Trinajstić information content (AvgIpc) is 2.71. The molecule has 30 heavy (non-hydrogen) atoms. The molecule has 4 amide bonds. The number of nitrogens with one attached hydrogen (secondary N) is 4. The van der Waals surface area contributed by atoms with Crippen LogP contribution in [0.4, 0.5) is 21.0 Å². The number of carbonyl (C=O) groups excluding carboxylic acids is 2. The molecule has 154 valence electrons. The molecule has 4 N–H and O–H groups in total. The van der Waals surface area contributed by atoms with Crippen LogP contribution in [-0.4, -0.2) is 12.1 Å². The normalized spacial score (nSPS) is 10.2. The van der Waals surface area contributed by atoms with Gasteiger partial charge < -0.3 is 21.3 Å². The maximum Gasteiger partial charge on any atom is 0.319 e. The summed E-state index contributed by atoms with van der Waals surface area (Å²) in [5.41, 5.74) is 3.11. The summed E-state index contributed by atoms with van der Waals surface area (Å²) in [5.74, 6) is 0. The van der Waals surface area contributed by atoms with Crippen molar-refractivity contribution in [1.82, 2.24) is 10.6 Å². The van der Waals surface area contributed by atoms with Crippen LogP contribution in [-0.2, 0) is 13.1 Å². The van der Waals surface area contributed by atoms with E-state index < -0.39 is 0 Å². The molecule has 0 heterocycles. The van der Waals surface area contributed by atoms with E-state index in [-0.39, 0.29) is 12.1 Å². The van der Waals surface area contributed by atoms with Gasteiger partial charge in [-0.25, -0.2) is 9.59 Å². The lowest BCUT2D eigenvalue weighted by Gasteiger charge is -2.10. The lowest BCUT2D eigenvalue weighted by Crippen LogP contribution is -2.28. The van der Waals surface area contributed by atoms with Crippen molar-refractivity contribution in [2.24, 2.45) is 0 Å². The highest BCUT2D eigenvalue weighted by Gasteiger charge is 2.04. The number of amides is 4. The zero-order valence-corrected chi connectivity index (χ0v) is 17.4. The first-order valence-corrected chi connectivity index (χ1v) is 9.92. The van der Waals surface area contributed by atoms with Crippen LogP contribution >= 0.6 is 23.2 Å². The van der Waals surface area contributed by atoms with Crippen LogP contribution in [0.2, 0.25) is 10.0 Å². The fraction of sp³-hybridized carbons (Fsp3) is 0.0909. The molecule has 0 aromatic heterocycles. The Morgan fingerprint density at radius 3 is 1.40 bits per heavy atom. The maximum absolute atomic E-state index is 12.0. The Morgan fingerprint density at radius 2 is 1.03 bits per heavy atom. The number of benzene rings is 3. The van der Waals surface area contributed by atoms with Crippen LogP contribution in [0.5, 0.6) is 0 Å². The van der Waals surface area contributed by atoms with Gasteiger partial charge in [-0.1, -0.05) is 59.6 Å². The Kier molecular flexibility index (Phi) is 7.54. The van der Waals surface area contributed by atoms with E-state index in [0.717, 1.165) is 11.1 Å². The minimum absolute atomic E-state index is 0.319. The van der Waals surface area contributed by atoms with Crippen LogP contribution in [0, 0.1) is 0 Å². The average molecular weight is 443 g/mol. The fourth-order valence-electron chi connectivity index (χ4n) is 2.62. The van der Waals surface area contributed by atoms with Crippen LogP contribution in [0.25, 0.3) is 0 Å². The molecular weight excluding hydrogens is 423 g/mol. The highest BCUT2D eigenvalue weighted by Crippen LogP contribution is 2.15. The van der Waals surface area contributed by atoms with Crippen molar-refractivity contribution in [3.8, 4) is 0 Å². The molecule has 3 rings (SSSR count). The van der Waals surface area contributed by atoms with Gasteiger partial charge in [0.1, 0.15) is 0 Å². The summed E-state index contributed by atoms with van der Waals surface area (Å²) in [6, 6.07) is 20.8. The van der Waals surface area contributed by atoms with Crippen molar-refractivity contribution in [2.75, 3.05) is 10.6 Å². The Labute approximate surface area is 184 Å². The van der Waals surface area contributed by atoms with E-state index in [1.807, 2.05) is 24.3 Å². The monoisotopic (exact) mass is 442 g/mol. The second kappa shape index (κ2) is 10.5. The minimum Gasteiger partial charge on any atom is -0.334 e. The SMILES string of the molecule is O=C(NCc1ccc(CNC(=O)Nc2cccc(Cl)c2)cc1)Nc1cccc(Cl)c1. The van der Waals surface area contributed by atoms with Crippen molar-refractivity contribution in [3.05, 3.63) is 94.0 Å². The van der Waals surface area contributed by atoms with Gasteiger partial charge in [-0.2, -0.15) is 0 Å². The summed E-state index contributed by atoms with van der Waals surface area (Å²) >= 11 is 11.8. The Hall–Kier alpha value is -3.22. The Balaban J connectivity index is 1.42. The Bertz CT molecular complexity index is 943. The number of hydrogen-bond donors (Lipinski definition) is 4. The van der Waals surface area contributed by atoms with Crippen LogP contribution in [0.1, 0.15) is 11.1 Å². The van der Waals surface area contributed by atoms with Crippen LogP contribution < -0.4 is 21.3 Å². The third-order valence-corrected chi connectivity index (χ3v) is 4.56. The number of urea groups is 2. The third-order valence-electron chi connectivity index (χ3n) is 4.09. The first-order chi connectivity index (χ1) is 14.5. The van der Waals surface area contributed by atoms with E-state index in [1.54, 1.807) is 48.5 Å². The van der Waals surface area contributed by atoms with Gasteiger partial charge in [0, 0.05) is 34.5 Å². The number of halogens is 2. The molecule has 3 aromatic rings. The van der Waals surface area contributed by atoms with E-state index in [2.05, 4.69) is 21.3 Å². The molecule has 0 saturated carbocycles. The fourth-order valence-corrected chi connectivity index (χ4v) is 3.00. The van der Waals surface area contributed by atoms with Crippen molar-refractivity contribution < 1.29 is 9.59 Å². The zero-order chi connectivity index (χ0) is 21.3. The number of anilines is 2. The molecule has 0 radical (unpaired) electrons. The van der Waals surface area contributed by atoms with E-state index in [0.29, 0.717) is 34.5 Å². The second-order valence-corrected chi connectivity index (χ2v) is 7.33. The molecule has 0 saturated heterocycles. The standard InChI is InChI=1S/C22H20Cl2N4O2/c23-17-3-1-5-19(11-17)27-21(29)25-13-15-7-9-16(10-8-15)14-26-22(30)28-20-6-2-4-18(24)12-20/h1-12H,13-14H2,(H2,25,27,29)(H2,26,28,30). The summed E-state index contributed by atoms with van der Waals surface area (Å²) in [5, 5.41) is 12.1. The first-order valence-electron chi connectivity index (χ1n) is 9.16. The van der Waals surface area contributed by atoms with E-state index in [9.17, 15) is 9.59 Å². The van der Waals surface area contributed by atoms with E-state index in [4.69, 9.17) is 23.2 Å². The zero-order valence-electron chi connectivity index (χ0n) is 15.9. The van der Waals surface area contributed by atoms with Gasteiger partial charge in [-0.15, -0.1) is 0 Å². The number of rotatable bonds is 6. The highest BCUT2D eigenvalue weighted by molar-refractivity contribution is 6.31. The van der Waals surface area contributed by atoms with E-state index in [1.165, 1.54) is 0 Å². The van der Waals surface area contributed by atoms with Gasteiger partial charge in [0.2, 0.25) is 0 Å². The molecule has 0 bridgehead atoms. The van der Waals surface area contributed by atoms with Crippen LogP contribution in [0.15, 0.2) is 72.8 Å². The van der Waals surface area contributed by atoms with Crippen molar-refractivity contribution in [2.45, 2.75) is 13.1 Å². The molecule has 0 aliphatic rings. The lowest BCUT2D eigenvalue weighted by molar-refractivity contribution is 0.251. The van der Waals surface area contributed by atoms with Crippen molar-refractivity contribution in [3.63, 3.8) is 0 Å². The number of hydrogen-bond acceptors (Lipinski definition) is 2. The Morgan fingerprint density at radius 1 is 0.633 bits per heavy atom. The predicted molar refractivity (Wildman–Crippen MR) is 121 cm³/mol. The van der Waals surface area contributed by atoms with Gasteiger partial charge in [0.15, 0.2) is 0 Å². The summed E-state index contributed by atoms with van der Waals surface area (Å²) < 4.78 is 0. The van der Waals surface area contributed by atoms with E-state index >= 15 is 0 Å². The smallest absolute Gasteiger partial charge is 0.319 e. The molecule has 0 atom stereocenters. The lowest BCUT2D eigenvalue weighted by atomic mass is 10.1. The van der Waals surface area contributed by atoms with Gasteiger partial charge in [0.05, 0.1) is 0 Å². The summed E-state index contributed by atoms with van der Waals surface area (Å²) in [6.07, 6.45) is 0. The van der Waals surface area contributed by atoms with Gasteiger partial charge in [-0.05, 0) is 47.5 Å². The maximum atomic E-state index is 12.0. The highest BCUT2D eigenvalue weighted by atomic mass is 35.5. The molecule has 0 aliphatic heterocycles. The van der Waals surface area contributed by atoms with Gasteiger partial charge in [-0.3, -0.25) is 0 Å². The van der Waals surface area contributed by atoms with Gasteiger partial charge >= 0.3 is 12.1 Å². The molecule has 6 nitrogen and oxygen atoms in total. The second-order valence-electron chi connectivity index (χ2n) is 6.45. The summed E-state index contributed by atoms with van der Waals surface area (Å²) in [4.78, 5) is 24.0. The predicted octanol–water partition coefficient (Wildman–Crippen LogP) is 5.64. The molecule has 0 aliphatic carbocycles. The largest absolute Gasteiger partial charge is 0.334 e. The number of carbonyl (C=O) groups is 2. The molecule has 3 aromatic carbocycles. The first kappa shape index (κ1) is 21.5. The van der Waals surface area contributed by atoms with Gasteiger partial charge in [0.25, 0.3) is 0 Å². The minimum atomic E-state index is -0.319. The topological polar surface area (TPSA) is 82.3 Å². The third kappa shape index (κ3) is 6.99. The van der Waals surface area contributed by atoms with Crippen molar-refractivity contribution in [1.29, 1.82) is 0 Å². The molecule has 8 heteroatoms. The van der Waals surface area contributed by atoms with Crippen LogP contribution in [0.3, 0.4) is 0 Å². The van der Waals surface area contributed by atoms with Crippen molar-refractivity contribution >= 4 is 46.6 Å². The molecule has 0 fully saturated rings. The molecule has 0 unspecified atom stereocenters. The molecular formula is C22H20Cl2N4O2. The summed E-state index contributed by atoms with van der Waals surface area (Å²) in [6.45, 7) is 0.741. The summed E-state index contributed by atoms with van der Waals surface area (Å²) in [7, 11) is 0. The quantitative estimate of drug-likeness (QED) is 0.398.